The number of carboxylic acids is 2. The molecule has 5 unspecified atom stereocenters. The van der Waals surface area contributed by atoms with Gasteiger partial charge in [0.1, 0.15) is 29.9 Å². The van der Waals surface area contributed by atoms with Gasteiger partial charge in [0.2, 0.25) is 17.7 Å². The number of nitrogens with one attached hydrogen (secondary N) is 3. The van der Waals surface area contributed by atoms with Crippen LogP contribution in [0.3, 0.4) is 0 Å². The van der Waals surface area contributed by atoms with Crippen LogP contribution in [0.2, 0.25) is 0 Å². The Balaban J connectivity index is 3.15. The second kappa shape index (κ2) is 13.8. The van der Waals surface area contributed by atoms with Gasteiger partial charge in [-0.25, -0.2) is 4.79 Å². The Morgan fingerprint density at radius 3 is 1.89 bits per heavy atom. The van der Waals surface area contributed by atoms with E-state index in [-0.39, 0.29) is 18.6 Å². The molecule has 0 radical (unpaired) electrons. The molecule has 0 bridgehead atoms. The van der Waals surface area contributed by atoms with E-state index in [0.29, 0.717) is 5.56 Å². The number of hydrogen-bond acceptors (Lipinski definition) is 9. The van der Waals surface area contributed by atoms with Crippen molar-refractivity contribution in [2.24, 2.45) is 5.73 Å². The fourth-order valence-electron chi connectivity index (χ4n) is 2.83. The van der Waals surface area contributed by atoms with Gasteiger partial charge in [-0.3, -0.25) is 19.2 Å². The van der Waals surface area contributed by atoms with Crippen molar-refractivity contribution in [1.82, 2.24) is 16.0 Å². The molecule has 0 aliphatic rings. The minimum atomic E-state index is -1.66. The Hall–Kier alpha value is -3.75. The van der Waals surface area contributed by atoms with Crippen LogP contribution in [0, 0.1) is 0 Å². The van der Waals surface area contributed by atoms with Gasteiger partial charge < -0.3 is 47.2 Å². The summed E-state index contributed by atoms with van der Waals surface area (Å²) in [6.45, 7) is 0.324. The maximum Gasteiger partial charge on any atom is 0.328 e. The van der Waals surface area contributed by atoms with Crippen molar-refractivity contribution in [2.75, 3.05) is 6.61 Å². The van der Waals surface area contributed by atoms with Crippen LogP contribution >= 0.6 is 0 Å². The predicted molar refractivity (Wildman–Crippen MR) is 119 cm³/mol. The van der Waals surface area contributed by atoms with Gasteiger partial charge in [0, 0.05) is 12.8 Å². The van der Waals surface area contributed by atoms with E-state index in [0.717, 1.165) is 0 Å². The zero-order chi connectivity index (χ0) is 26.7. The fraction of sp³-hybridized carbons (Fsp3) is 0.476. The highest BCUT2D eigenvalue weighted by Gasteiger charge is 2.31. The lowest BCUT2D eigenvalue weighted by atomic mass is 10.0. The van der Waals surface area contributed by atoms with Crippen LogP contribution in [-0.4, -0.2) is 92.1 Å². The number of carbonyl (C=O) groups excluding carboxylic acids is 3. The average Bonchev–Trinajstić information content (AvgIpc) is 2.79. The van der Waals surface area contributed by atoms with Gasteiger partial charge in [-0.1, -0.05) is 12.1 Å². The van der Waals surface area contributed by atoms with Crippen LogP contribution in [-0.2, 0) is 30.4 Å². The fourth-order valence-corrected chi connectivity index (χ4v) is 2.83. The SMILES string of the molecule is CC(O)C(N)C(=O)NC(CCC(=O)O)C(=O)NC(Cc1ccc(O)cc1)C(=O)NC(CO)C(=O)O. The number of nitrogens with two attached hydrogens (primary N) is 1. The van der Waals surface area contributed by atoms with Crippen molar-refractivity contribution in [3.8, 4) is 5.75 Å². The molecule has 0 aliphatic carbocycles. The maximum atomic E-state index is 12.9. The summed E-state index contributed by atoms with van der Waals surface area (Å²) in [6.07, 6.45) is -2.34. The molecule has 10 N–H and O–H groups in total. The molecular formula is C21H30N4O10. The number of benzene rings is 1. The molecule has 14 heteroatoms. The molecule has 1 aromatic carbocycles. The number of aromatic hydroxyl groups is 1. The van der Waals surface area contributed by atoms with E-state index in [1.165, 1.54) is 31.2 Å². The summed E-state index contributed by atoms with van der Waals surface area (Å²) in [5.74, 6) is -5.71. The molecule has 3 amide bonds. The van der Waals surface area contributed by atoms with Crippen LogP contribution in [0.5, 0.6) is 5.75 Å². The van der Waals surface area contributed by atoms with Crippen molar-refractivity contribution in [2.45, 2.75) is 56.5 Å². The number of carboxylic acid groups (broad SMARTS) is 2. The highest BCUT2D eigenvalue weighted by Crippen LogP contribution is 2.12. The smallest absolute Gasteiger partial charge is 0.328 e. The zero-order valence-electron chi connectivity index (χ0n) is 18.9. The number of phenolic OH excluding ortho intramolecular Hbond substituents is 1. The second-order valence-electron chi connectivity index (χ2n) is 7.77. The van der Waals surface area contributed by atoms with Gasteiger partial charge in [-0.05, 0) is 31.0 Å². The Labute approximate surface area is 200 Å². The first-order valence-electron chi connectivity index (χ1n) is 10.5. The number of aliphatic hydroxyl groups excluding tert-OH is 2. The third-order valence-electron chi connectivity index (χ3n) is 4.91. The van der Waals surface area contributed by atoms with Gasteiger partial charge in [0.05, 0.1) is 12.7 Å². The third-order valence-corrected chi connectivity index (χ3v) is 4.91. The van der Waals surface area contributed by atoms with Gasteiger partial charge in [-0.15, -0.1) is 0 Å². The minimum Gasteiger partial charge on any atom is -0.508 e. The van der Waals surface area contributed by atoms with Crippen LogP contribution in [0.25, 0.3) is 0 Å². The molecule has 0 spiro atoms. The van der Waals surface area contributed by atoms with E-state index in [4.69, 9.17) is 15.9 Å². The van der Waals surface area contributed by atoms with Gasteiger partial charge >= 0.3 is 11.9 Å². The highest BCUT2D eigenvalue weighted by molar-refractivity contribution is 5.94. The summed E-state index contributed by atoms with van der Waals surface area (Å²) in [4.78, 5) is 60.1. The summed E-state index contributed by atoms with van der Waals surface area (Å²) < 4.78 is 0. The molecule has 14 nitrogen and oxygen atoms in total. The number of rotatable bonds is 14. The largest absolute Gasteiger partial charge is 0.508 e. The first-order valence-corrected chi connectivity index (χ1v) is 10.5. The third kappa shape index (κ3) is 9.95. The van der Waals surface area contributed by atoms with E-state index in [2.05, 4.69) is 16.0 Å². The molecule has 0 fully saturated rings. The van der Waals surface area contributed by atoms with Crippen LogP contribution in [0.4, 0.5) is 0 Å². The van der Waals surface area contributed by atoms with Crippen molar-refractivity contribution in [3.05, 3.63) is 29.8 Å². The standard InChI is InChI=1S/C21H30N4O10/c1-10(27)17(22)20(33)23-13(6-7-16(29)30)18(31)24-14(8-11-2-4-12(28)5-3-11)19(32)25-15(9-26)21(34)35/h2-5,10,13-15,17,26-28H,6-9,22H2,1H3,(H,23,33)(H,24,31)(H,25,32)(H,29,30)(H,34,35). The molecule has 5 atom stereocenters. The average molecular weight is 498 g/mol. The van der Waals surface area contributed by atoms with Crippen molar-refractivity contribution >= 4 is 29.7 Å². The van der Waals surface area contributed by atoms with Crippen LogP contribution < -0.4 is 21.7 Å². The van der Waals surface area contributed by atoms with E-state index >= 15 is 0 Å². The molecule has 1 rings (SSSR count). The number of phenols is 1. The summed E-state index contributed by atoms with van der Waals surface area (Å²) in [6, 6.07) is -0.371. The van der Waals surface area contributed by atoms with Crippen molar-refractivity contribution < 1.29 is 49.5 Å². The Morgan fingerprint density at radius 1 is 0.886 bits per heavy atom. The van der Waals surface area contributed by atoms with E-state index in [1.807, 2.05) is 0 Å². The van der Waals surface area contributed by atoms with E-state index < -0.39 is 73.0 Å². The molecule has 194 valence electrons. The lowest BCUT2D eigenvalue weighted by Crippen LogP contribution is -2.58. The maximum absolute atomic E-state index is 12.9. The zero-order valence-corrected chi connectivity index (χ0v) is 18.9. The summed E-state index contributed by atoms with van der Waals surface area (Å²) in [7, 11) is 0. The number of aliphatic hydroxyl groups is 2. The quantitative estimate of drug-likeness (QED) is 0.125. The van der Waals surface area contributed by atoms with Crippen LogP contribution in [0.1, 0.15) is 25.3 Å². The topological polar surface area (TPSA) is 249 Å². The van der Waals surface area contributed by atoms with E-state index in [1.54, 1.807) is 0 Å². The molecule has 1 aromatic rings. The number of carbonyl (C=O) groups is 5. The molecule has 0 aliphatic heterocycles. The molecule has 35 heavy (non-hydrogen) atoms. The lowest BCUT2D eigenvalue weighted by molar-refractivity contribution is -0.143. The molecule has 0 heterocycles. The Kier molecular flexibility index (Phi) is 11.6. The molecule has 0 saturated carbocycles. The van der Waals surface area contributed by atoms with Crippen molar-refractivity contribution in [3.63, 3.8) is 0 Å². The minimum absolute atomic E-state index is 0.0593. The normalized spacial score (nSPS) is 15.1. The molecular weight excluding hydrogens is 468 g/mol. The first kappa shape index (κ1) is 29.3. The van der Waals surface area contributed by atoms with Crippen LogP contribution in [0.15, 0.2) is 24.3 Å². The number of aliphatic carboxylic acids is 2. The highest BCUT2D eigenvalue weighted by atomic mass is 16.4. The summed E-state index contributed by atoms with van der Waals surface area (Å²) in [5, 5.41) is 52.9. The Morgan fingerprint density at radius 2 is 1.40 bits per heavy atom. The van der Waals surface area contributed by atoms with Crippen molar-refractivity contribution in [1.29, 1.82) is 0 Å². The predicted octanol–water partition coefficient (Wildman–Crippen LogP) is -2.96. The number of amides is 3. The van der Waals surface area contributed by atoms with Gasteiger partial charge in [0.15, 0.2) is 0 Å². The van der Waals surface area contributed by atoms with E-state index in [9.17, 15) is 39.3 Å². The lowest BCUT2D eigenvalue weighted by Gasteiger charge is -2.25. The van der Waals surface area contributed by atoms with Gasteiger partial charge in [-0.2, -0.15) is 0 Å². The summed E-state index contributed by atoms with van der Waals surface area (Å²) in [5.41, 5.74) is 6.01. The van der Waals surface area contributed by atoms with Gasteiger partial charge in [0.25, 0.3) is 0 Å². The Bertz CT molecular complexity index is 906. The first-order chi connectivity index (χ1) is 16.3. The molecule has 0 saturated heterocycles. The second-order valence-corrected chi connectivity index (χ2v) is 7.77. The molecule has 0 aromatic heterocycles. The summed E-state index contributed by atoms with van der Waals surface area (Å²) >= 11 is 0. The number of hydrogen-bond donors (Lipinski definition) is 9. The monoisotopic (exact) mass is 498 g/mol.